The molecule has 2 aromatic rings. The van der Waals surface area contributed by atoms with Gasteiger partial charge in [-0.25, -0.2) is 8.78 Å². The van der Waals surface area contributed by atoms with Gasteiger partial charge in [0.1, 0.15) is 0 Å². The molecule has 0 heterocycles. The van der Waals surface area contributed by atoms with Crippen molar-refractivity contribution < 1.29 is 8.78 Å². The molecular formula is C22H26F2. The van der Waals surface area contributed by atoms with Crippen LogP contribution in [0.3, 0.4) is 0 Å². The van der Waals surface area contributed by atoms with E-state index >= 15 is 0 Å². The highest BCUT2D eigenvalue weighted by atomic mass is 19.2. The fourth-order valence-electron chi connectivity index (χ4n) is 3.92. The first-order valence-electron chi connectivity index (χ1n) is 9.21. The Balaban J connectivity index is 1.79. The van der Waals surface area contributed by atoms with Crippen molar-refractivity contribution >= 4 is 0 Å². The summed E-state index contributed by atoms with van der Waals surface area (Å²) >= 11 is 0. The van der Waals surface area contributed by atoms with Crippen molar-refractivity contribution in [1.29, 1.82) is 0 Å². The van der Waals surface area contributed by atoms with E-state index in [1.165, 1.54) is 37.7 Å². The molecule has 3 rings (SSSR count). The lowest BCUT2D eigenvalue weighted by atomic mass is 9.77. The van der Waals surface area contributed by atoms with Crippen molar-refractivity contribution in [2.45, 2.75) is 58.3 Å². The Hall–Kier alpha value is -1.70. The van der Waals surface area contributed by atoms with Crippen LogP contribution in [0, 0.1) is 17.6 Å². The minimum absolute atomic E-state index is 0.353. The van der Waals surface area contributed by atoms with Gasteiger partial charge in [-0.15, -0.1) is 0 Å². The largest absolute Gasteiger partial charge is 0.203 e. The topological polar surface area (TPSA) is 0 Å². The highest BCUT2D eigenvalue weighted by Gasteiger charge is 2.21. The summed E-state index contributed by atoms with van der Waals surface area (Å²) in [7, 11) is 0. The van der Waals surface area contributed by atoms with Crippen LogP contribution in [0.4, 0.5) is 8.78 Å². The maximum absolute atomic E-state index is 14.3. The van der Waals surface area contributed by atoms with Crippen LogP contribution in [0.25, 0.3) is 11.1 Å². The van der Waals surface area contributed by atoms with Gasteiger partial charge in [0.05, 0.1) is 0 Å². The molecule has 1 aliphatic rings. The van der Waals surface area contributed by atoms with Gasteiger partial charge in [-0.1, -0.05) is 56.7 Å². The summed E-state index contributed by atoms with van der Waals surface area (Å²) in [6.07, 6.45) is 6.88. The standard InChI is InChI=1S/C22H26F2/c1-3-15-5-7-17(8-6-15)18-9-11-19(12-10-18)20-14-13-16(4-2)21(23)22(20)24/h9-15,17H,3-8H2,1-2H3. The zero-order chi connectivity index (χ0) is 17.1. The van der Waals surface area contributed by atoms with Crippen LogP contribution in [0.2, 0.25) is 0 Å². The Bertz CT molecular complexity index is 680. The highest BCUT2D eigenvalue weighted by molar-refractivity contribution is 5.65. The van der Waals surface area contributed by atoms with Gasteiger partial charge < -0.3 is 0 Å². The van der Waals surface area contributed by atoms with Crippen LogP contribution in [0.1, 0.15) is 63.0 Å². The first-order chi connectivity index (χ1) is 11.6. The Kier molecular flexibility index (Phi) is 5.33. The predicted molar refractivity (Wildman–Crippen MR) is 96.2 cm³/mol. The Labute approximate surface area is 143 Å². The highest BCUT2D eigenvalue weighted by Crippen LogP contribution is 2.37. The van der Waals surface area contributed by atoms with Crippen LogP contribution in [-0.4, -0.2) is 0 Å². The summed E-state index contributed by atoms with van der Waals surface area (Å²) in [4.78, 5) is 0. The lowest BCUT2D eigenvalue weighted by Gasteiger charge is -2.28. The van der Waals surface area contributed by atoms with Gasteiger partial charge in [0.2, 0.25) is 0 Å². The van der Waals surface area contributed by atoms with Crippen LogP contribution < -0.4 is 0 Å². The molecular weight excluding hydrogens is 302 g/mol. The maximum atomic E-state index is 14.3. The number of rotatable bonds is 4. The minimum Gasteiger partial charge on any atom is -0.203 e. The maximum Gasteiger partial charge on any atom is 0.166 e. The number of halogens is 2. The molecule has 24 heavy (non-hydrogen) atoms. The zero-order valence-electron chi connectivity index (χ0n) is 14.6. The summed E-state index contributed by atoms with van der Waals surface area (Å²) in [5.74, 6) is 0.0584. The summed E-state index contributed by atoms with van der Waals surface area (Å²) in [5.41, 5.74) is 2.87. The molecule has 0 unspecified atom stereocenters. The van der Waals surface area contributed by atoms with E-state index in [4.69, 9.17) is 0 Å². The third-order valence-electron chi connectivity index (χ3n) is 5.66. The first kappa shape index (κ1) is 17.1. The molecule has 1 aliphatic carbocycles. The van der Waals surface area contributed by atoms with Crippen molar-refractivity contribution in [1.82, 2.24) is 0 Å². The molecule has 128 valence electrons. The van der Waals surface area contributed by atoms with Gasteiger partial charge in [0, 0.05) is 5.56 Å². The fourth-order valence-corrected chi connectivity index (χ4v) is 3.92. The minimum atomic E-state index is -0.731. The van der Waals surface area contributed by atoms with Crippen LogP contribution in [-0.2, 0) is 6.42 Å². The molecule has 0 N–H and O–H groups in total. The van der Waals surface area contributed by atoms with Gasteiger partial charge in [-0.2, -0.15) is 0 Å². The van der Waals surface area contributed by atoms with E-state index in [0.29, 0.717) is 23.5 Å². The molecule has 1 fully saturated rings. The third kappa shape index (κ3) is 3.38. The number of benzene rings is 2. The van der Waals surface area contributed by atoms with E-state index < -0.39 is 11.6 Å². The molecule has 0 nitrogen and oxygen atoms in total. The van der Waals surface area contributed by atoms with Gasteiger partial charge in [0.15, 0.2) is 11.6 Å². The molecule has 0 atom stereocenters. The monoisotopic (exact) mass is 328 g/mol. The van der Waals surface area contributed by atoms with Crippen LogP contribution in [0.5, 0.6) is 0 Å². The molecule has 0 bridgehead atoms. The van der Waals surface area contributed by atoms with Crippen molar-refractivity contribution in [2.24, 2.45) is 5.92 Å². The first-order valence-corrected chi connectivity index (χ1v) is 9.21. The molecule has 0 radical (unpaired) electrons. The lowest BCUT2D eigenvalue weighted by Crippen LogP contribution is -2.12. The smallest absolute Gasteiger partial charge is 0.166 e. The van der Waals surface area contributed by atoms with E-state index in [1.807, 2.05) is 19.1 Å². The normalized spacial score (nSPS) is 21.0. The second-order valence-electron chi connectivity index (χ2n) is 7.00. The Morgan fingerprint density at radius 2 is 1.50 bits per heavy atom. The number of aryl methyl sites for hydroxylation is 1. The van der Waals surface area contributed by atoms with Crippen molar-refractivity contribution in [2.75, 3.05) is 0 Å². The molecule has 0 spiro atoms. The van der Waals surface area contributed by atoms with E-state index in [0.717, 1.165) is 11.5 Å². The van der Waals surface area contributed by atoms with Crippen LogP contribution >= 0.6 is 0 Å². The Morgan fingerprint density at radius 1 is 0.833 bits per heavy atom. The summed E-state index contributed by atoms with van der Waals surface area (Å²) in [6, 6.07) is 11.4. The molecule has 2 aromatic carbocycles. The molecule has 1 saturated carbocycles. The predicted octanol–water partition coefficient (Wildman–Crippen LogP) is 6.88. The average Bonchev–Trinajstić information content (AvgIpc) is 2.64. The Morgan fingerprint density at radius 3 is 2.08 bits per heavy atom. The number of hydrogen-bond acceptors (Lipinski definition) is 0. The molecule has 0 amide bonds. The van der Waals surface area contributed by atoms with E-state index in [1.54, 1.807) is 12.1 Å². The molecule has 0 saturated heterocycles. The molecule has 0 aliphatic heterocycles. The van der Waals surface area contributed by atoms with Crippen molar-refractivity contribution in [3.63, 3.8) is 0 Å². The van der Waals surface area contributed by atoms with Crippen LogP contribution in [0.15, 0.2) is 36.4 Å². The van der Waals surface area contributed by atoms with E-state index in [2.05, 4.69) is 19.1 Å². The SMILES string of the molecule is CCc1ccc(-c2ccc(C3CCC(CC)CC3)cc2)c(F)c1F. The lowest BCUT2D eigenvalue weighted by molar-refractivity contribution is 0.319. The average molecular weight is 328 g/mol. The summed E-state index contributed by atoms with van der Waals surface area (Å²) < 4.78 is 28.3. The van der Waals surface area contributed by atoms with Gasteiger partial charge in [0.25, 0.3) is 0 Å². The van der Waals surface area contributed by atoms with E-state index in [9.17, 15) is 8.78 Å². The van der Waals surface area contributed by atoms with Gasteiger partial charge >= 0.3 is 0 Å². The second-order valence-corrected chi connectivity index (χ2v) is 7.00. The molecule has 2 heteroatoms. The van der Waals surface area contributed by atoms with Gasteiger partial charge in [-0.3, -0.25) is 0 Å². The van der Waals surface area contributed by atoms with Crippen molar-refractivity contribution in [3.05, 3.63) is 59.2 Å². The third-order valence-corrected chi connectivity index (χ3v) is 5.66. The second kappa shape index (κ2) is 7.46. The van der Waals surface area contributed by atoms with E-state index in [-0.39, 0.29) is 0 Å². The number of hydrogen-bond donors (Lipinski definition) is 0. The van der Waals surface area contributed by atoms with Crippen molar-refractivity contribution in [3.8, 4) is 11.1 Å². The quantitative estimate of drug-likeness (QED) is 0.574. The van der Waals surface area contributed by atoms with Gasteiger partial charge in [-0.05, 0) is 60.6 Å². The zero-order valence-corrected chi connectivity index (χ0v) is 14.6. The summed E-state index contributed by atoms with van der Waals surface area (Å²) in [6.45, 7) is 4.11. The molecule has 0 aromatic heterocycles. The summed E-state index contributed by atoms with van der Waals surface area (Å²) in [5, 5.41) is 0. The fraction of sp³-hybridized carbons (Fsp3) is 0.455.